The van der Waals surface area contributed by atoms with Gasteiger partial charge in [0.1, 0.15) is 0 Å². The highest BCUT2D eigenvalue weighted by atomic mass is 16.3. The highest BCUT2D eigenvalue weighted by Gasteiger charge is 2.24. The van der Waals surface area contributed by atoms with Crippen LogP contribution < -0.4 is 0 Å². The third-order valence-electron chi connectivity index (χ3n) is 2.82. The van der Waals surface area contributed by atoms with Crippen LogP contribution in [-0.4, -0.2) is 22.4 Å². The van der Waals surface area contributed by atoms with Crippen molar-refractivity contribution in [1.82, 2.24) is 0 Å². The topological polar surface area (TPSA) is 40.5 Å². The molecule has 0 aliphatic carbocycles. The molecule has 1 aromatic carbocycles. The van der Waals surface area contributed by atoms with Gasteiger partial charge in [-0.15, -0.1) is 18.9 Å². The zero-order valence-corrected chi connectivity index (χ0v) is 9.79. The number of hydrogen-bond acceptors (Lipinski definition) is 2. The summed E-state index contributed by atoms with van der Waals surface area (Å²) in [6, 6.07) is 9.72. The van der Waals surface area contributed by atoms with Crippen LogP contribution >= 0.6 is 0 Å². The lowest BCUT2D eigenvalue weighted by atomic mass is 9.87. The molecule has 1 aromatic rings. The van der Waals surface area contributed by atoms with Crippen LogP contribution in [0.25, 0.3) is 0 Å². The fourth-order valence-corrected chi connectivity index (χ4v) is 1.82. The number of terminal acetylenes is 1. The van der Waals surface area contributed by atoms with Gasteiger partial charge in [-0.2, -0.15) is 0 Å². The summed E-state index contributed by atoms with van der Waals surface area (Å²) in [7, 11) is 0. The minimum Gasteiger partial charge on any atom is -0.392 e. The van der Waals surface area contributed by atoms with E-state index in [1.54, 1.807) is 0 Å². The number of aliphatic hydroxyl groups excluding tert-OH is 2. The van der Waals surface area contributed by atoms with Crippen LogP contribution in [0.15, 0.2) is 43.0 Å². The van der Waals surface area contributed by atoms with E-state index in [4.69, 9.17) is 6.42 Å². The zero-order valence-electron chi connectivity index (χ0n) is 9.79. The number of benzene rings is 1. The summed E-state index contributed by atoms with van der Waals surface area (Å²) >= 11 is 0. The second-order valence-electron chi connectivity index (χ2n) is 4.06. The Bertz CT molecular complexity index is 378. The molecule has 0 heterocycles. The number of aliphatic hydroxyl groups is 2. The summed E-state index contributed by atoms with van der Waals surface area (Å²) in [5.74, 6) is 2.10. The van der Waals surface area contributed by atoms with Crippen LogP contribution in [0.3, 0.4) is 0 Å². The molecule has 0 aliphatic rings. The molecule has 0 spiro atoms. The molecule has 1 rings (SSSR count). The molecule has 0 bridgehead atoms. The van der Waals surface area contributed by atoms with Crippen LogP contribution in [0.2, 0.25) is 0 Å². The predicted molar refractivity (Wildman–Crippen MR) is 69.3 cm³/mol. The molecule has 90 valence electrons. The maximum atomic E-state index is 9.92. The van der Waals surface area contributed by atoms with Gasteiger partial charge in [-0.05, 0) is 12.0 Å². The van der Waals surface area contributed by atoms with Crippen molar-refractivity contribution in [3.63, 3.8) is 0 Å². The van der Waals surface area contributed by atoms with Crippen molar-refractivity contribution in [2.24, 2.45) is 5.92 Å². The number of rotatable bonds is 6. The fourth-order valence-electron chi connectivity index (χ4n) is 1.82. The van der Waals surface area contributed by atoms with Crippen LogP contribution in [-0.2, 0) is 6.42 Å². The van der Waals surface area contributed by atoms with Crippen LogP contribution in [0, 0.1) is 18.3 Å². The minimum absolute atomic E-state index is 0.238. The van der Waals surface area contributed by atoms with Crippen molar-refractivity contribution >= 4 is 0 Å². The lowest BCUT2D eigenvalue weighted by Gasteiger charge is -2.24. The smallest absolute Gasteiger partial charge is 0.0774 e. The highest BCUT2D eigenvalue weighted by molar-refractivity contribution is 5.16. The summed E-state index contributed by atoms with van der Waals surface area (Å²) in [4.78, 5) is 0. The molecule has 0 saturated heterocycles. The van der Waals surface area contributed by atoms with Gasteiger partial charge in [-0.25, -0.2) is 0 Å². The van der Waals surface area contributed by atoms with E-state index >= 15 is 0 Å². The SMILES string of the molecule is C#CC[C@H](O)[C@@H](Cc1ccccc1)[C@H](O)C=C. The largest absolute Gasteiger partial charge is 0.392 e. The van der Waals surface area contributed by atoms with Gasteiger partial charge in [-0.3, -0.25) is 0 Å². The maximum Gasteiger partial charge on any atom is 0.0774 e. The molecule has 0 saturated carbocycles. The monoisotopic (exact) mass is 230 g/mol. The number of hydrogen-bond donors (Lipinski definition) is 2. The van der Waals surface area contributed by atoms with Gasteiger partial charge in [0.05, 0.1) is 12.2 Å². The van der Waals surface area contributed by atoms with Gasteiger partial charge in [-0.1, -0.05) is 36.4 Å². The molecule has 2 nitrogen and oxygen atoms in total. The first-order valence-corrected chi connectivity index (χ1v) is 5.65. The first-order chi connectivity index (χ1) is 8.19. The Balaban J connectivity index is 2.77. The average Bonchev–Trinajstić information content (AvgIpc) is 2.36. The van der Waals surface area contributed by atoms with E-state index in [2.05, 4.69) is 12.5 Å². The van der Waals surface area contributed by atoms with Crippen LogP contribution in [0.4, 0.5) is 0 Å². The summed E-state index contributed by atoms with van der Waals surface area (Å²) in [5, 5.41) is 19.8. The zero-order chi connectivity index (χ0) is 12.7. The van der Waals surface area contributed by atoms with E-state index in [-0.39, 0.29) is 12.3 Å². The summed E-state index contributed by atoms with van der Waals surface area (Å²) in [6.45, 7) is 3.55. The maximum absolute atomic E-state index is 9.92. The summed E-state index contributed by atoms with van der Waals surface area (Å²) in [6.07, 6.45) is 5.98. The fraction of sp³-hybridized carbons (Fsp3) is 0.333. The molecule has 0 radical (unpaired) electrons. The minimum atomic E-state index is -0.751. The van der Waals surface area contributed by atoms with E-state index in [1.807, 2.05) is 30.3 Å². The van der Waals surface area contributed by atoms with Gasteiger partial charge >= 0.3 is 0 Å². The molecular weight excluding hydrogens is 212 g/mol. The Morgan fingerprint density at radius 1 is 1.29 bits per heavy atom. The average molecular weight is 230 g/mol. The predicted octanol–water partition coefficient (Wildman–Crippen LogP) is 1.78. The van der Waals surface area contributed by atoms with E-state index < -0.39 is 12.2 Å². The highest BCUT2D eigenvalue weighted by Crippen LogP contribution is 2.19. The second-order valence-corrected chi connectivity index (χ2v) is 4.06. The molecule has 0 aromatic heterocycles. The standard InChI is InChI=1S/C15H18O2/c1-3-8-15(17)13(14(16)4-2)11-12-9-6-5-7-10-12/h1,4-7,9-10,13-17H,2,8,11H2/t13-,14+,15-/m0/s1. The Hall–Kier alpha value is -1.56. The van der Waals surface area contributed by atoms with Gasteiger partial charge < -0.3 is 10.2 Å². The van der Waals surface area contributed by atoms with Gasteiger partial charge in [0.2, 0.25) is 0 Å². The molecule has 2 N–H and O–H groups in total. The molecule has 3 atom stereocenters. The van der Waals surface area contributed by atoms with Crippen molar-refractivity contribution in [2.45, 2.75) is 25.0 Å². The lowest BCUT2D eigenvalue weighted by Crippen LogP contribution is -2.32. The molecule has 0 amide bonds. The molecule has 17 heavy (non-hydrogen) atoms. The molecule has 0 unspecified atom stereocenters. The van der Waals surface area contributed by atoms with Crippen molar-refractivity contribution in [3.05, 3.63) is 48.6 Å². The van der Waals surface area contributed by atoms with Crippen molar-refractivity contribution in [3.8, 4) is 12.3 Å². The van der Waals surface area contributed by atoms with E-state index in [9.17, 15) is 10.2 Å². The third kappa shape index (κ3) is 4.07. The molecular formula is C15H18O2. The second kappa shape index (κ2) is 6.90. The van der Waals surface area contributed by atoms with E-state index in [0.717, 1.165) is 5.56 Å². The third-order valence-corrected chi connectivity index (χ3v) is 2.82. The van der Waals surface area contributed by atoms with Gasteiger partial charge in [0.15, 0.2) is 0 Å². The Labute approximate surface area is 103 Å². The molecule has 2 heteroatoms. The van der Waals surface area contributed by atoms with Crippen LogP contribution in [0.1, 0.15) is 12.0 Å². The Kier molecular flexibility index (Phi) is 5.48. The van der Waals surface area contributed by atoms with E-state index in [0.29, 0.717) is 6.42 Å². The van der Waals surface area contributed by atoms with E-state index in [1.165, 1.54) is 6.08 Å². The first kappa shape index (κ1) is 13.5. The normalized spacial score (nSPS) is 15.6. The summed E-state index contributed by atoms with van der Waals surface area (Å²) < 4.78 is 0. The quantitative estimate of drug-likeness (QED) is 0.577. The molecule has 0 aliphatic heterocycles. The lowest BCUT2D eigenvalue weighted by molar-refractivity contribution is 0.0385. The Morgan fingerprint density at radius 3 is 2.47 bits per heavy atom. The molecule has 0 fully saturated rings. The van der Waals surface area contributed by atoms with Crippen molar-refractivity contribution in [1.29, 1.82) is 0 Å². The van der Waals surface area contributed by atoms with Gasteiger partial charge in [0, 0.05) is 12.3 Å². The van der Waals surface area contributed by atoms with Gasteiger partial charge in [0.25, 0.3) is 0 Å². The van der Waals surface area contributed by atoms with Crippen molar-refractivity contribution in [2.75, 3.05) is 0 Å². The van der Waals surface area contributed by atoms with Crippen LogP contribution in [0.5, 0.6) is 0 Å². The summed E-state index contributed by atoms with van der Waals surface area (Å²) in [5.41, 5.74) is 1.06. The first-order valence-electron chi connectivity index (χ1n) is 5.65. The Morgan fingerprint density at radius 2 is 1.94 bits per heavy atom. The van der Waals surface area contributed by atoms with Crippen molar-refractivity contribution < 1.29 is 10.2 Å².